The molecule has 0 aromatic heterocycles. The molecule has 0 fully saturated rings. The Balaban J connectivity index is 2.27. The zero-order chi connectivity index (χ0) is 14.7. The van der Waals surface area contributed by atoms with Crippen molar-refractivity contribution in [1.29, 1.82) is 0 Å². The van der Waals surface area contributed by atoms with Gasteiger partial charge in [0, 0.05) is 6.07 Å². The van der Waals surface area contributed by atoms with Crippen LogP contribution in [0.4, 0.5) is 10.1 Å². The summed E-state index contributed by atoms with van der Waals surface area (Å²) in [4.78, 5) is 0. The zero-order valence-corrected chi connectivity index (χ0v) is 11.9. The molecule has 0 aliphatic rings. The van der Waals surface area contributed by atoms with Crippen molar-refractivity contribution in [3.63, 3.8) is 0 Å². The van der Waals surface area contributed by atoms with Crippen molar-refractivity contribution >= 4 is 17.3 Å². The molecule has 106 valence electrons. The van der Waals surface area contributed by atoms with Crippen LogP contribution in [0.5, 0.6) is 17.2 Å². The normalized spacial score (nSPS) is 10.7. The molecule has 0 amide bonds. The third-order valence-electron chi connectivity index (χ3n) is 2.51. The number of anilines is 1. The summed E-state index contributed by atoms with van der Waals surface area (Å²) in [6, 6.07) is 9.36. The zero-order valence-electron chi connectivity index (χ0n) is 11.2. The van der Waals surface area contributed by atoms with E-state index in [1.807, 2.05) is 13.8 Å². The standard InChI is InChI=1S/C15H15ClFNO2/c1-9(2)19-13-4-3-5-14(15(13)18)20-10-6-7-12(17)11(16)8-10/h3-9H,18H2,1-2H3. The van der Waals surface area contributed by atoms with Gasteiger partial charge in [-0.25, -0.2) is 4.39 Å². The Morgan fingerprint density at radius 2 is 1.85 bits per heavy atom. The first-order valence-electron chi connectivity index (χ1n) is 6.15. The summed E-state index contributed by atoms with van der Waals surface area (Å²) < 4.78 is 24.3. The van der Waals surface area contributed by atoms with Gasteiger partial charge in [0.25, 0.3) is 0 Å². The van der Waals surface area contributed by atoms with Crippen LogP contribution >= 0.6 is 11.6 Å². The number of rotatable bonds is 4. The van der Waals surface area contributed by atoms with Gasteiger partial charge in [0.1, 0.15) is 23.0 Å². The van der Waals surface area contributed by atoms with Crippen molar-refractivity contribution < 1.29 is 13.9 Å². The summed E-state index contributed by atoms with van der Waals surface area (Å²) in [5.41, 5.74) is 6.38. The molecule has 5 heteroatoms. The number of halogens is 2. The number of nitrogens with two attached hydrogens (primary N) is 1. The molecule has 0 saturated heterocycles. The molecule has 0 aliphatic heterocycles. The summed E-state index contributed by atoms with van der Waals surface area (Å²) in [7, 11) is 0. The van der Waals surface area contributed by atoms with Crippen molar-refractivity contribution in [2.45, 2.75) is 20.0 Å². The molecular formula is C15H15ClFNO2. The van der Waals surface area contributed by atoms with Crippen LogP contribution in [0, 0.1) is 5.82 Å². The summed E-state index contributed by atoms with van der Waals surface area (Å²) in [5, 5.41) is -0.00402. The molecule has 0 bridgehead atoms. The molecular weight excluding hydrogens is 281 g/mol. The Bertz CT molecular complexity index is 617. The predicted octanol–water partition coefficient (Wildman–Crippen LogP) is 4.64. The maximum absolute atomic E-state index is 13.1. The third-order valence-corrected chi connectivity index (χ3v) is 2.80. The molecule has 0 unspecified atom stereocenters. The molecule has 20 heavy (non-hydrogen) atoms. The smallest absolute Gasteiger partial charge is 0.154 e. The van der Waals surface area contributed by atoms with E-state index < -0.39 is 5.82 Å². The van der Waals surface area contributed by atoms with Gasteiger partial charge in [0.15, 0.2) is 5.75 Å². The van der Waals surface area contributed by atoms with Crippen molar-refractivity contribution in [2.75, 3.05) is 5.73 Å². The van der Waals surface area contributed by atoms with E-state index in [4.69, 9.17) is 26.8 Å². The highest BCUT2D eigenvalue weighted by molar-refractivity contribution is 6.30. The summed E-state index contributed by atoms with van der Waals surface area (Å²) in [6.07, 6.45) is 0.00724. The van der Waals surface area contributed by atoms with Crippen LogP contribution in [0.1, 0.15) is 13.8 Å². The largest absolute Gasteiger partial charge is 0.489 e. The van der Waals surface area contributed by atoms with E-state index >= 15 is 0 Å². The molecule has 0 aliphatic carbocycles. The summed E-state index contributed by atoms with van der Waals surface area (Å²) >= 11 is 5.71. The lowest BCUT2D eigenvalue weighted by atomic mass is 10.2. The molecule has 2 N–H and O–H groups in total. The van der Waals surface area contributed by atoms with E-state index in [0.29, 0.717) is 22.9 Å². The number of hydrogen-bond donors (Lipinski definition) is 1. The fraction of sp³-hybridized carbons (Fsp3) is 0.200. The van der Waals surface area contributed by atoms with Crippen LogP contribution in [0.25, 0.3) is 0 Å². The Hall–Kier alpha value is -1.94. The molecule has 0 heterocycles. The highest BCUT2D eigenvalue weighted by Crippen LogP contribution is 2.35. The van der Waals surface area contributed by atoms with Crippen LogP contribution in [-0.2, 0) is 0 Å². The number of ether oxygens (including phenoxy) is 2. The van der Waals surface area contributed by atoms with E-state index in [1.54, 1.807) is 18.2 Å². The van der Waals surface area contributed by atoms with Gasteiger partial charge in [-0.2, -0.15) is 0 Å². The van der Waals surface area contributed by atoms with Crippen molar-refractivity contribution in [1.82, 2.24) is 0 Å². The van der Waals surface area contributed by atoms with Crippen molar-refractivity contribution in [2.24, 2.45) is 0 Å². The van der Waals surface area contributed by atoms with Gasteiger partial charge in [0.2, 0.25) is 0 Å². The van der Waals surface area contributed by atoms with E-state index in [-0.39, 0.29) is 11.1 Å². The molecule has 0 spiro atoms. The molecule has 3 nitrogen and oxygen atoms in total. The van der Waals surface area contributed by atoms with E-state index in [2.05, 4.69) is 0 Å². The van der Waals surface area contributed by atoms with Gasteiger partial charge >= 0.3 is 0 Å². The summed E-state index contributed by atoms with van der Waals surface area (Å²) in [5.74, 6) is 0.894. The van der Waals surface area contributed by atoms with Gasteiger partial charge in [-0.1, -0.05) is 17.7 Å². The first-order chi connectivity index (χ1) is 9.47. The Labute approximate surface area is 122 Å². The number of nitrogen functional groups attached to an aromatic ring is 1. The van der Waals surface area contributed by atoms with Gasteiger partial charge < -0.3 is 15.2 Å². The van der Waals surface area contributed by atoms with Crippen molar-refractivity contribution in [3.05, 3.63) is 47.2 Å². The molecule has 0 radical (unpaired) electrons. The van der Waals surface area contributed by atoms with Crippen LogP contribution < -0.4 is 15.2 Å². The molecule has 0 atom stereocenters. The number of benzene rings is 2. The SMILES string of the molecule is CC(C)Oc1cccc(Oc2ccc(F)c(Cl)c2)c1N. The molecule has 2 aromatic rings. The van der Waals surface area contributed by atoms with E-state index in [0.717, 1.165) is 0 Å². The molecule has 2 aromatic carbocycles. The monoisotopic (exact) mass is 295 g/mol. The second-order valence-electron chi connectivity index (χ2n) is 4.51. The topological polar surface area (TPSA) is 44.5 Å². The predicted molar refractivity (Wildman–Crippen MR) is 78.1 cm³/mol. The van der Waals surface area contributed by atoms with Gasteiger partial charge in [-0.3, -0.25) is 0 Å². The lowest BCUT2D eigenvalue weighted by molar-refractivity contribution is 0.243. The minimum absolute atomic E-state index is 0.00402. The highest BCUT2D eigenvalue weighted by Gasteiger charge is 2.10. The van der Waals surface area contributed by atoms with Gasteiger partial charge in [-0.05, 0) is 38.1 Å². The number of para-hydroxylation sites is 1. The van der Waals surface area contributed by atoms with E-state index in [9.17, 15) is 4.39 Å². The summed E-state index contributed by atoms with van der Waals surface area (Å²) in [6.45, 7) is 3.82. The fourth-order valence-corrected chi connectivity index (χ4v) is 1.81. The highest BCUT2D eigenvalue weighted by atomic mass is 35.5. The molecule has 2 rings (SSSR count). The van der Waals surface area contributed by atoms with Crippen LogP contribution in [0.15, 0.2) is 36.4 Å². The first kappa shape index (κ1) is 14.5. The quantitative estimate of drug-likeness (QED) is 0.836. The van der Waals surface area contributed by atoms with Crippen LogP contribution in [0.2, 0.25) is 5.02 Å². The second-order valence-corrected chi connectivity index (χ2v) is 4.92. The van der Waals surface area contributed by atoms with E-state index in [1.165, 1.54) is 18.2 Å². The average Bonchev–Trinajstić information content (AvgIpc) is 2.38. The molecule has 0 saturated carbocycles. The Morgan fingerprint density at radius 1 is 1.15 bits per heavy atom. The lowest BCUT2D eigenvalue weighted by Crippen LogP contribution is -2.07. The fourth-order valence-electron chi connectivity index (χ4n) is 1.64. The second kappa shape index (κ2) is 6.01. The minimum atomic E-state index is -0.496. The Morgan fingerprint density at radius 3 is 2.50 bits per heavy atom. The Kier molecular flexibility index (Phi) is 4.35. The third kappa shape index (κ3) is 3.33. The first-order valence-corrected chi connectivity index (χ1v) is 6.53. The van der Waals surface area contributed by atoms with Crippen molar-refractivity contribution in [3.8, 4) is 17.2 Å². The minimum Gasteiger partial charge on any atom is -0.489 e. The maximum atomic E-state index is 13.1. The lowest BCUT2D eigenvalue weighted by Gasteiger charge is -2.15. The van der Waals surface area contributed by atoms with Gasteiger partial charge in [0.05, 0.1) is 11.1 Å². The average molecular weight is 296 g/mol. The maximum Gasteiger partial charge on any atom is 0.154 e. The number of hydrogen-bond acceptors (Lipinski definition) is 3. The van der Waals surface area contributed by atoms with Crippen LogP contribution in [-0.4, -0.2) is 6.10 Å². The van der Waals surface area contributed by atoms with Crippen LogP contribution in [0.3, 0.4) is 0 Å². The van der Waals surface area contributed by atoms with Gasteiger partial charge in [-0.15, -0.1) is 0 Å².